The second-order valence-corrected chi connectivity index (χ2v) is 7.13. The lowest BCUT2D eigenvalue weighted by atomic mass is 10.2. The summed E-state index contributed by atoms with van der Waals surface area (Å²) in [5.41, 5.74) is 1.54. The Hall–Kier alpha value is -3.71. The first-order chi connectivity index (χ1) is 15.5. The van der Waals surface area contributed by atoms with Crippen LogP contribution in [0.4, 0.5) is 8.78 Å². The van der Waals surface area contributed by atoms with Gasteiger partial charge in [0.25, 0.3) is 5.56 Å². The summed E-state index contributed by atoms with van der Waals surface area (Å²) in [6, 6.07) is 18.2. The molecule has 8 heteroatoms. The first-order valence-corrected chi connectivity index (χ1v) is 9.93. The highest BCUT2D eigenvalue weighted by Gasteiger charge is 2.13. The minimum atomic E-state index is -2.89. The van der Waals surface area contributed by atoms with Crippen LogP contribution in [0.2, 0.25) is 5.02 Å². The molecular formula is C24H17ClF2N2O3. The van der Waals surface area contributed by atoms with Crippen LogP contribution in [-0.4, -0.2) is 23.3 Å². The van der Waals surface area contributed by atoms with Gasteiger partial charge >= 0.3 is 6.61 Å². The fraction of sp³-hybridized carbons (Fsp3) is 0.0833. The molecule has 0 fully saturated rings. The molecule has 0 unspecified atom stereocenters. The number of benzene rings is 3. The van der Waals surface area contributed by atoms with E-state index in [-0.39, 0.29) is 11.3 Å². The molecule has 0 saturated carbocycles. The summed E-state index contributed by atoms with van der Waals surface area (Å²) in [7, 11) is 1.51. The highest BCUT2D eigenvalue weighted by atomic mass is 35.5. The van der Waals surface area contributed by atoms with Gasteiger partial charge in [-0.3, -0.25) is 9.36 Å². The third-order valence-corrected chi connectivity index (χ3v) is 5.02. The van der Waals surface area contributed by atoms with Crippen molar-refractivity contribution in [2.75, 3.05) is 7.11 Å². The van der Waals surface area contributed by atoms with E-state index in [2.05, 4.69) is 9.72 Å². The Bertz CT molecular complexity index is 1350. The largest absolute Gasteiger partial charge is 0.495 e. The number of methoxy groups -OCH3 is 1. The standard InChI is InChI=1S/C24H17ClF2N2O3/c1-31-21-12-9-16(14-19(21)25)29-22(28-20-5-3-2-4-18(20)23(29)30)13-8-15-6-10-17(11-7-15)32-24(26)27/h2-14,24H,1H3. The van der Waals surface area contributed by atoms with Gasteiger partial charge in [-0.15, -0.1) is 0 Å². The van der Waals surface area contributed by atoms with Gasteiger partial charge in [-0.25, -0.2) is 4.98 Å². The van der Waals surface area contributed by atoms with Crippen molar-refractivity contribution < 1.29 is 18.3 Å². The normalized spacial score (nSPS) is 11.4. The van der Waals surface area contributed by atoms with Gasteiger partial charge in [0.15, 0.2) is 0 Å². The number of aromatic nitrogens is 2. The van der Waals surface area contributed by atoms with E-state index in [0.717, 1.165) is 0 Å². The SMILES string of the molecule is COc1ccc(-n2c(C=Cc3ccc(OC(F)F)cc3)nc3ccccc3c2=O)cc1Cl. The number of ether oxygens (including phenoxy) is 2. The Morgan fingerprint density at radius 2 is 1.78 bits per heavy atom. The molecule has 0 amide bonds. The molecule has 1 aromatic heterocycles. The summed E-state index contributed by atoms with van der Waals surface area (Å²) in [5, 5.41) is 0.819. The third-order valence-electron chi connectivity index (χ3n) is 4.73. The van der Waals surface area contributed by atoms with Crippen LogP contribution in [-0.2, 0) is 0 Å². The molecule has 5 nitrogen and oxygen atoms in total. The predicted octanol–water partition coefficient (Wildman–Crippen LogP) is 5.82. The fourth-order valence-electron chi connectivity index (χ4n) is 3.24. The van der Waals surface area contributed by atoms with Gasteiger partial charge in [0.05, 0.1) is 28.7 Å². The zero-order chi connectivity index (χ0) is 22.7. The van der Waals surface area contributed by atoms with Gasteiger partial charge in [-0.1, -0.05) is 41.9 Å². The smallest absolute Gasteiger partial charge is 0.387 e. The van der Waals surface area contributed by atoms with Crippen LogP contribution in [0, 0.1) is 0 Å². The number of hydrogen-bond donors (Lipinski definition) is 0. The summed E-state index contributed by atoms with van der Waals surface area (Å²) in [5.74, 6) is 0.925. The topological polar surface area (TPSA) is 53.4 Å². The number of nitrogens with zero attached hydrogens (tertiary/aromatic N) is 2. The Morgan fingerprint density at radius 3 is 2.47 bits per heavy atom. The van der Waals surface area contributed by atoms with Crippen LogP contribution >= 0.6 is 11.6 Å². The Balaban J connectivity index is 1.81. The van der Waals surface area contributed by atoms with E-state index in [1.54, 1.807) is 66.7 Å². The summed E-state index contributed by atoms with van der Waals surface area (Å²) < 4.78 is 35.7. The molecule has 1 heterocycles. The first kappa shape index (κ1) is 21.5. The molecule has 0 bridgehead atoms. The van der Waals surface area contributed by atoms with Crippen molar-refractivity contribution >= 4 is 34.7 Å². The molecule has 0 N–H and O–H groups in total. The molecule has 0 saturated heterocycles. The lowest BCUT2D eigenvalue weighted by Crippen LogP contribution is -2.22. The van der Waals surface area contributed by atoms with E-state index in [4.69, 9.17) is 16.3 Å². The van der Waals surface area contributed by atoms with Crippen molar-refractivity contribution in [3.8, 4) is 17.2 Å². The van der Waals surface area contributed by atoms with Crippen LogP contribution in [0.15, 0.2) is 71.5 Å². The first-order valence-electron chi connectivity index (χ1n) is 9.55. The highest BCUT2D eigenvalue weighted by Crippen LogP contribution is 2.27. The second kappa shape index (κ2) is 9.20. The zero-order valence-electron chi connectivity index (χ0n) is 16.8. The maximum absolute atomic E-state index is 13.3. The van der Waals surface area contributed by atoms with Crippen molar-refractivity contribution in [2.24, 2.45) is 0 Å². The second-order valence-electron chi connectivity index (χ2n) is 6.73. The highest BCUT2D eigenvalue weighted by molar-refractivity contribution is 6.32. The lowest BCUT2D eigenvalue weighted by Gasteiger charge is -2.13. The average molecular weight is 455 g/mol. The van der Waals surface area contributed by atoms with Gasteiger partial charge in [-0.05, 0) is 54.1 Å². The van der Waals surface area contributed by atoms with Gasteiger partial charge in [-0.2, -0.15) is 8.78 Å². The molecule has 32 heavy (non-hydrogen) atoms. The summed E-state index contributed by atoms with van der Waals surface area (Å²) in [6.45, 7) is -2.89. The Morgan fingerprint density at radius 1 is 1.03 bits per heavy atom. The predicted molar refractivity (Wildman–Crippen MR) is 121 cm³/mol. The Kier molecular flexibility index (Phi) is 6.18. The summed E-state index contributed by atoms with van der Waals surface area (Å²) in [6.07, 6.45) is 3.40. The molecule has 4 rings (SSSR count). The van der Waals surface area contributed by atoms with E-state index in [1.165, 1.54) is 23.8 Å². The quantitative estimate of drug-likeness (QED) is 0.368. The van der Waals surface area contributed by atoms with Crippen molar-refractivity contribution in [3.05, 3.63) is 93.5 Å². The fourth-order valence-corrected chi connectivity index (χ4v) is 3.49. The molecule has 3 aromatic carbocycles. The molecule has 0 aliphatic rings. The minimum Gasteiger partial charge on any atom is -0.495 e. The molecule has 4 aromatic rings. The average Bonchev–Trinajstić information content (AvgIpc) is 2.78. The van der Waals surface area contributed by atoms with E-state index >= 15 is 0 Å². The van der Waals surface area contributed by atoms with Gasteiger partial charge < -0.3 is 9.47 Å². The van der Waals surface area contributed by atoms with E-state index in [1.807, 2.05) is 0 Å². The summed E-state index contributed by atoms with van der Waals surface area (Å²) >= 11 is 6.28. The molecule has 0 aliphatic carbocycles. The van der Waals surface area contributed by atoms with Crippen LogP contribution in [0.5, 0.6) is 11.5 Å². The van der Waals surface area contributed by atoms with E-state index < -0.39 is 6.61 Å². The number of fused-ring (bicyclic) bond motifs is 1. The van der Waals surface area contributed by atoms with E-state index in [0.29, 0.717) is 38.8 Å². The zero-order valence-corrected chi connectivity index (χ0v) is 17.6. The van der Waals surface area contributed by atoms with Crippen molar-refractivity contribution in [1.29, 1.82) is 0 Å². The number of rotatable bonds is 6. The van der Waals surface area contributed by atoms with Crippen LogP contribution < -0.4 is 15.0 Å². The number of halogens is 3. The number of alkyl halides is 2. The molecule has 0 atom stereocenters. The van der Waals surface area contributed by atoms with Crippen molar-refractivity contribution in [2.45, 2.75) is 6.61 Å². The summed E-state index contributed by atoms with van der Waals surface area (Å²) in [4.78, 5) is 17.9. The van der Waals surface area contributed by atoms with Gasteiger partial charge in [0.2, 0.25) is 0 Å². The third kappa shape index (κ3) is 4.48. The monoisotopic (exact) mass is 454 g/mol. The van der Waals surface area contributed by atoms with Crippen LogP contribution in [0.25, 0.3) is 28.7 Å². The Labute approximate surface area is 187 Å². The van der Waals surface area contributed by atoms with Gasteiger partial charge in [0.1, 0.15) is 17.3 Å². The van der Waals surface area contributed by atoms with Crippen molar-refractivity contribution in [1.82, 2.24) is 9.55 Å². The lowest BCUT2D eigenvalue weighted by molar-refractivity contribution is -0.0498. The minimum absolute atomic E-state index is 0.0609. The number of para-hydroxylation sites is 1. The molecule has 0 spiro atoms. The molecular weight excluding hydrogens is 438 g/mol. The number of hydrogen-bond acceptors (Lipinski definition) is 4. The molecule has 162 valence electrons. The molecule has 0 radical (unpaired) electrons. The van der Waals surface area contributed by atoms with Crippen molar-refractivity contribution in [3.63, 3.8) is 0 Å². The maximum atomic E-state index is 13.3. The van der Waals surface area contributed by atoms with Crippen LogP contribution in [0.1, 0.15) is 11.4 Å². The van der Waals surface area contributed by atoms with Gasteiger partial charge in [0, 0.05) is 0 Å². The maximum Gasteiger partial charge on any atom is 0.387 e. The molecule has 0 aliphatic heterocycles. The van der Waals surface area contributed by atoms with Crippen LogP contribution in [0.3, 0.4) is 0 Å². The van der Waals surface area contributed by atoms with E-state index in [9.17, 15) is 13.6 Å².